The molecule has 0 radical (unpaired) electrons. The molecular formula is C22H25N3O5S. The number of nitrogens with zero attached hydrogens (tertiary/aromatic N) is 3. The topological polar surface area (TPSA) is 103 Å². The van der Waals surface area contributed by atoms with Crippen molar-refractivity contribution in [3.05, 3.63) is 70.6 Å². The molecule has 0 spiro atoms. The molecule has 2 saturated heterocycles. The van der Waals surface area contributed by atoms with Crippen LogP contribution in [0.3, 0.4) is 0 Å². The summed E-state index contributed by atoms with van der Waals surface area (Å²) < 4.78 is 23.3. The number of fused-ring (bicyclic) bond motifs is 1. The number of esters is 1. The minimum atomic E-state index is -0.758. The molecule has 2 fully saturated rings. The molecule has 2 aliphatic rings. The molecule has 0 amide bonds. The maximum atomic E-state index is 11.8. The van der Waals surface area contributed by atoms with Crippen LogP contribution in [0.25, 0.3) is 10.4 Å². The van der Waals surface area contributed by atoms with E-state index < -0.39 is 41.4 Å². The second-order valence-corrected chi connectivity index (χ2v) is 9.92. The number of rotatable bonds is 5. The van der Waals surface area contributed by atoms with Crippen molar-refractivity contribution < 1.29 is 23.7 Å². The molecule has 164 valence electrons. The van der Waals surface area contributed by atoms with Gasteiger partial charge < -0.3 is 18.9 Å². The van der Waals surface area contributed by atoms with E-state index in [4.69, 9.17) is 18.9 Å². The molecule has 0 aliphatic carbocycles. The number of hydrogen-bond donors (Lipinski definition) is 1. The van der Waals surface area contributed by atoms with Crippen LogP contribution < -0.4 is 4.74 Å². The summed E-state index contributed by atoms with van der Waals surface area (Å²) in [5.74, 6) is 0.942. The first kappa shape index (κ1) is 21.5. The van der Waals surface area contributed by atoms with Gasteiger partial charge in [-0.05, 0) is 22.6 Å². The maximum absolute atomic E-state index is 11.8. The Morgan fingerprint density at radius 1 is 1.19 bits per heavy atom. The van der Waals surface area contributed by atoms with Crippen molar-refractivity contribution in [2.24, 2.45) is 5.11 Å². The highest BCUT2D eigenvalue weighted by molar-refractivity contribution is 8.17. The van der Waals surface area contributed by atoms with Crippen molar-refractivity contribution in [2.75, 3.05) is 19.5 Å². The third kappa shape index (κ3) is 4.65. The van der Waals surface area contributed by atoms with Gasteiger partial charge in [0.1, 0.15) is 17.9 Å². The summed E-state index contributed by atoms with van der Waals surface area (Å²) in [7, 11) is 0.854. The van der Waals surface area contributed by atoms with Crippen molar-refractivity contribution in [3.63, 3.8) is 0 Å². The number of carbonyl (C=O) groups is 1. The number of ether oxygens (including phenoxy) is 4. The van der Waals surface area contributed by atoms with Gasteiger partial charge in [-0.3, -0.25) is 4.79 Å². The van der Waals surface area contributed by atoms with E-state index in [0.717, 1.165) is 11.3 Å². The van der Waals surface area contributed by atoms with Crippen LogP contribution in [0.4, 0.5) is 0 Å². The van der Waals surface area contributed by atoms with Crippen molar-refractivity contribution in [3.8, 4) is 5.75 Å². The summed E-state index contributed by atoms with van der Waals surface area (Å²) in [5.41, 5.74) is 10.1. The van der Waals surface area contributed by atoms with Gasteiger partial charge in [-0.15, -0.1) is 0 Å². The van der Waals surface area contributed by atoms with E-state index in [0.29, 0.717) is 12.4 Å². The SMILES string of the molecule is COc1ccc([C@H]2OC[C@@H]3[C@H](O2)[C@@H](N=[N+]=[N-])[C@@H](OC(C)=O)C[SH]3c2ccccc2)cc1. The summed E-state index contributed by atoms with van der Waals surface area (Å²) in [6.45, 7) is 1.83. The van der Waals surface area contributed by atoms with Crippen LogP contribution in [0, 0.1) is 0 Å². The van der Waals surface area contributed by atoms with E-state index in [1.807, 2.05) is 42.5 Å². The quantitative estimate of drug-likeness (QED) is 0.246. The van der Waals surface area contributed by atoms with Crippen LogP contribution in [0.5, 0.6) is 5.75 Å². The van der Waals surface area contributed by atoms with Crippen LogP contribution in [0.2, 0.25) is 0 Å². The monoisotopic (exact) mass is 443 g/mol. The zero-order chi connectivity index (χ0) is 21.8. The average molecular weight is 444 g/mol. The fourth-order valence-corrected chi connectivity index (χ4v) is 7.12. The third-order valence-corrected chi connectivity index (χ3v) is 8.51. The normalized spacial score (nSPS) is 31.0. The Hall–Kier alpha value is -2.71. The fraction of sp³-hybridized carbons (Fsp3) is 0.409. The predicted molar refractivity (Wildman–Crippen MR) is 117 cm³/mol. The highest BCUT2D eigenvalue weighted by atomic mass is 32.2. The Labute approximate surface area is 183 Å². The molecule has 0 aromatic heterocycles. The minimum absolute atomic E-state index is 0.0224. The summed E-state index contributed by atoms with van der Waals surface area (Å²) in [6.07, 6.45) is -1.58. The Bertz CT molecular complexity index is 951. The Balaban J connectivity index is 1.66. The first-order valence-corrected chi connectivity index (χ1v) is 11.6. The molecule has 0 bridgehead atoms. The average Bonchev–Trinajstić information content (AvgIpc) is 2.80. The number of benzene rings is 2. The number of thiol groups is 1. The van der Waals surface area contributed by atoms with E-state index in [1.54, 1.807) is 7.11 Å². The van der Waals surface area contributed by atoms with E-state index in [9.17, 15) is 10.3 Å². The van der Waals surface area contributed by atoms with Crippen molar-refractivity contribution >= 4 is 16.9 Å². The van der Waals surface area contributed by atoms with Crippen molar-refractivity contribution in [1.82, 2.24) is 0 Å². The van der Waals surface area contributed by atoms with Crippen LogP contribution in [-0.2, 0) is 19.0 Å². The van der Waals surface area contributed by atoms with Gasteiger partial charge in [0.05, 0.1) is 19.8 Å². The fourth-order valence-electron chi connectivity index (χ4n) is 4.15. The van der Waals surface area contributed by atoms with Gasteiger partial charge in [-0.1, -0.05) is 47.6 Å². The molecule has 1 unspecified atom stereocenters. The van der Waals surface area contributed by atoms with Gasteiger partial charge in [0.25, 0.3) is 0 Å². The highest BCUT2D eigenvalue weighted by Crippen LogP contribution is 2.52. The number of carbonyl (C=O) groups excluding carboxylic acids is 1. The molecule has 9 heteroatoms. The molecule has 0 N–H and O–H groups in total. The lowest BCUT2D eigenvalue weighted by atomic mass is 10.0. The third-order valence-electron chi connectivity index (χ3n) is 5.55. The van der Waals surface area contributed by atoms with E-state index in [2.05, 4.69) is 22.2 Å². The summed E-state index contributed by atoms with van der Waals surface area (Å²) >= 11 is 0. The molecule has 0 saturated carbocycles. The number of hydrogen-bond acceptors (Lipinski definition) is 6. The summed E-state index contributed by atoms with van der Waals surface area (Å²) in [5, 5.41) is 4.02. The molecular weight excluding hydrogens is 418 g/mol. The Morgan fingerprint density at radius 3 is 2.58 bits per heavy atom. The van der Waals surface area contributed by atoms with Gasteiger partial charge in [0.2, 0.25) is 0 Å². The molecule has 31 heavy (non-hydrogen) atoms. The van der Waals surface area contributed by atoms with Crippen molar-refractivity contribution in [2.45, 2.75) is 41.6 Å². The maximum Gasteiger partial charge on any atom is 0.302 e. The first-order valence-electron chi connectivity index (χ1n) is 10.0. The second kappa shape index (κ2) is 9.62. The van der Waals surface area contributed by atoms with Crippen molar-refractivity contribution in [1.29, 1.82) is 0 Å². The van der Waals surface area contributed by atoms with Crippen LogP contribution in [0.1, 0.15) is 18.8 Å². The van der Waals surface area contributed by atoms with E-state index in [-0.39, 0.29) is 5.25 Å². The molecule has 2 heterocycles. The van der Waals surface area contributed by atoms with Crippen LogP contribution >= 0.6 is 10.9 Å². The predicted octanol–water partition coefficient (Wildman–Crippen LogP) is 4.16. The van der Waals surface area contributed by atoms with E-state index in [1.165, 1.54) is 11.8 Å². The Morgan fingerprint density at radius 2 is 1.94 bits per heavy atom. The molecule has 2 aliphatic heterocycles. The largest absolute Gasteiger partial charge is 0.497 e. The van der Waals surface area contributed by atoms with Gasteiger partial charge >= 0.3 is 5.97 Å². The standard InChI is InChI=1S/C22H25N3O5S/c1-14(26)29-18-13-31(17-6-4-3-5-7-17)19-12-28-22(30-21(19)20(18)24-25-23)15-8-10-16(27-2)11-9-15/h3-11,18-22,31H,12-13H2,1-2H3/t18-,19+,20-,21-,22-/m0/s1. The Kier molecular flexibility index (Phi) is 6.67. The minimum Gasteiger partial charge on any atom is -0.497 e. The highest BCUT2D eigenvalue weighted by Gasteiger charge is 2.49. The van der Waals surface area contributed by atoms with Gasteiger partial charge in [-0.25, -0.2) is 10.9 Å². The zero-order valence-electron chi connectivity index (χ0n) is 17.3. The van der Waals surface area contributed by atoms with Crippen LogP contribution in [0.15, 0.2) is 64.6 Å². The summed E-state index contributed by atoms with van der Waals surface area (Å²) in [6, 6.07) is 17.0. The molecule has 6 atom stereocenters. The molecule has 4 rings (SSSR count). The first-order chi connectivity index (χ1) is 15.1. The smallest absolute Gasteiger partial charge is 0.302 e. The number of azide groups is 1. The second-order valence-electron chi connectivity index (χ2n) is 7.44. The van der Waals surface area contributed by atoms with E-state index >= 15 is 0 Å². The summed E-state index contributed by atoms with van der Waals surface area (Å²) in [4.78, 5) is 16.0. The molecule has 2 aromatic carbocycles. The lowest BCUT2D eigenvalue weighted by Gasteiger charge is -2.50. The lowest BCUT2D eigenvalue weighted by Crippen LogP contribution is -2.56. The lowest BCUT2D eigenvalue weighted by molar-refractivity contribution is -0.225. The molecule has 2 aromatic rings. The van der Waals surface area contributed by atoms with Gasteiger partial charge in [0.15, 0.2) is 6.29 Å². The van der Waals surface area contributed by atoms with Gasteiger partial charge in [0, 0.05) is 28.4 Å². The van der Waals surface area contributed by atoms with Crippen LogP contribution in [-0.4, -0.2) is 48.9 Å². The molecule has 8 nitrogen and oxygen atoms in total. The zero-order valence-corrected chi connectivity index (χ0v) is 18.2. The van der Waals surface area contributed by atoms with Gasteiger partial charge in [-0.2, -0.15) is 0 Å². The number of methoxy groups -OCH3 is 1.